The number of hydrogen-bond donors (Lipinski definition) is 1. The van der Waals surface area contributed by atoms with Crippen molar-refractivity contribution in [2.75, 3.05) is 0 Å². The number of nitriles is 1. The number of benzene rings is 3. The lowest BCUT2D eigenvalue weighted by molar-refractivity contribution is -0.147. The van der Waals surface area contributed by atoms with Gasteiger partial charge in [0.1, 0.15) is 12.6 Å². The molecule has 0 spiro atoms. The molecule has 5 nitrogen and oxygen atoms in total. The Bertz CT molecular complexity index is 1010. The van der Waals surface area contributed by atoms with Gasteiger partial charge in [0.05, 0.1) is 11.6 Å². The van der Waals surface area contributed by atoms with E-state index in [1.54, 1.807) is 48.5 Å². The minimum atomic E-state index is -0.848. The van der Waals surface area contributed by atoms with Crippen molar-refractivity contribution >= 4 is 11.9 Å². The van der Waals surface area contributed by atoms with Crippen LogP contribution in [0.2, 0.25) is 0 Å². The number of esters is 1. The molecule has 0 heterocycles. The number of nitrogens with zero attached hydrogens (tertiary/aromatic N) is 1. The molecule has 0 saturated heterocycles. The smallest absolute Gasteiger partial charge is 0.329 e. The average Bonchev–Trinajstić information content (AvgIpc) is 2.78. The van der Waals surface area contributed by atoms with Gasteiger partial charge in [-0.1, -0.05) is 66.7 Å². The number of carbonyl (C=O) groups is 2. The van der Waals surface area contributed by atoms with Crippen molar-refractivity contribution in [2.45, 2.75) is 19.1 Å². The summed E-state index contributed by atoms with van der Waals surface area (Å²) in [6.45, 7) is -0.0327. The van der Waals surface area contributed by atoms with Gasteiger partial charge in [-0.25, -0.2) is 4.79 Å². The lowest BCUT2D eigenvalue weighted by atomic mass is 10.1. The first-order valence-electron chi connectivity index (χ1n) is 9.22. The second-order valence-corrected chi connectivity index (χ2v) is 6.46. The molecule has 1 N–H and O–H groups in total. The highest BCUT2D eigenvalue weighted by atomic mass is 16.5. The molecule has 3 aromatic carbocycles. The Morgan fingerprint density at radius 1 is 0.897 bits per heavy atom. The molecule has 0 aromatic heterocycles. The van der Waals surface area contributed by atoms with Crippen molar-refractivity contribution < 1.29 is 14.3 Å². The average molecular weight is 384 g/mol. The Morgan fingerprint density at radius 3 is 2.21 bits per heavy atom. The molecule has 3 rings (SSSR count). The number of nitrogens with one attached hydrogen (secondary N) is 1. The van der Waals surface area contributed by atoms with Crippen molar-refractivity contribution in [1.29, 1.82) is 5.26 Å². The molecule has 0 unspecified atom stereocenters. The molecule has 1 amide bonds. The second kappa shape index (κ2) is 9.86. The standard InChI is InChI=1S/C24H20N2O3/c25-16-20-13-7-8-14-21(20)17-29-24(28)22(15-18-9-3-1-4-10-18)26-23(27)19-11-5-2-6-12-19/h1-14,22H,15,17H2,(H,26,27)/t22-/m1/s1. The van der Waals surface area contributed by atoms with Gasteiger partial charge >= 0.3 is 5.97 Å². The summed E-state index contributed by atoms with van der Waals surface area (Å²) >= 11 is 0. The van der Waals surface area contributed by atoms with Gasteiger partial charge in [-0.15, -0.1) is 0 Å². The van der Waals surface area contributed by atoms with Gasteiger partial charge in [0.2, 0.25) is 0 Å². The van der Waals surface area contributed by atoms with Gasteiger partial charge in [0.15, 0.2) is 0 Å². The van der Waals surface area contributed by atoms with E-state index < -0.39 is 12.0 Å². The van der Waals surface area contributed by atoms with Gasteiger partial charge in [-0.05, 0) is 23.8 Å². The number of amides is 1. The molecule has 0 saturated carbocycles. The summed E-state index contributed by atoms with van der Waals surface area (Å²) in [6.07, 6.45) is 0.304. The Hall–Kier alpha value is -3.91. The van der Waals surface area contributed by atoms with Crippen molar-refractivity contribution in [2.24, 2.45) is 0 Å². The Labute approximate surface area is 169 Å². The topological polar surface area (TPSA) is 79.2 Å². The zero-order valence-corrected chi connectivity index (χ0v) is 15.7. The van der Waals surface area contributed by atoms with Crippen LogP contribution >= 0.6 is 0 Å². The highest BCUT2D eigenvalue weighted by Crippen LogP contribution is 2.11. The summed E-state index contributed by atoms with van der Waals surface area (Å²) in [5.41, 5.74) is 2.44. The predicted octanol–water partition coefficient (Wildman–Crippen LogP) is 3.64. The first-order chi connectivity index (χ1) is 14.2. The normalized spacial score (nSPS) is 11.1. The highest BCUT2D eigenvalue weighted by Gasteiger charge is 2.23. The summed E-state index contributed by atoms with van der Waals surface area (Å²) in [7, 11) is 0. The molecule has 1 atom stereocenters. The van der Waals surface area contributed by atoms with Crippen LogP contribution in [-0.4, -0.2) is 17.9 Å². The minimum Gasteiger partial charge on any atom is -0.459 e. The molecule has 0 aliphatic heterocycles. The van der Waals surface area contributed by atoms with Crippen LogP contribution in [0.5, 0.6) is 0 Å². The number of hydrogen-bond acceptors (Lipinski definition) is 4. The fraction of sp³-hybridized carbons (Fsp3) is 0.125. The minimum absolute atomic E-state index is 0.0327. The lowest BCUT2D eigenvalue weighted by Crippen LogP contribution is -2.43. The Morgan fingerprint density at radius 2 is 1.52 bits per heavy atom. The van der Waals surface area contributed by atoms with Crippen LogP contribution in [0.1, 0.15) is 27.0 Å². The number of carbonyl (C=O) groups excluding carboxylic acids is 2. The fourth-order valence-corrected chi connectivity index (χ4v) is 2.88. The van der Waals surface area contributed by atoms with Gasteiger partial charge in [0, 0.05) is 17.5 Å². The summed E-state index contributed by atoms with van der Waals surface area (Å²) in [4.78, 5) is 25.3. The maximum atomic E-state index is 12.8. The van der Waals surface area contributed by atoms with Gasteiger partial charge < -0.3 is 10.1 Å². The molecule has 0 bridgehead atoms. The van der Waals surface area contributed by atoms with Gasteiger partial charge in [-0.3, -0.25) is 4.79 Å². The van der Waals surface area contributed by atoms with E-state index in [0.717, 1.165) is 5.56 Å². The van der Waals surface area contributed by atoms with E-state index in [4.69, 9.17) is 4.74 Å². The quantitative estimate of drug-likeness (QED) is 0.631. The zero-order chi connectivity index (χ0) is 20.5. The van der Waals surface area contributed by atoms with E-state index in [1.807, 2.05) is 36.4 Å². The SMILES string of the molecule is N#Cc1ccccc1COC(=O)[C@@H](Cc1ccccc1)NC(=O)c1ccccc1. The third kappa shape index (κ3) is 5.53. The summed E-state index contributed by atoms with van der Waals surface area (Å²) in [5.74, 6) is -0.896. The molecule has 144 valence electrons. The second-order valence-electron chi connectivity index (χ2n) is 6.46. The molecule has 0 radical (unpaired) electrons. The molecule has 0 fully saturated rings. The van der Waals surface area contributed by atoms with E-state index in [9.17, 15) is 14.9 Å². The third-order valence-electron chi connectivity index (χ3n) is 4.42. The van der Waals surface area contributed by atoms with Crippen LogP contribution in [0.4, 0.5) is 0 Å². The van der Waals surface area contributed by atoms with Crippen LogP contribution in [0.15, 0.2) is 84.9 Å². The van der Waals surface area contributed by atoms with E-state index in [2.05, 4.69) is 11.4 Å². The number of rotatable bonds is 7. The largest absolute Gasteiger partial charge is 0.459 e. The fourth-order valence-electron chi connectivity index (χ4n) is 2.88. The van der Waals surface area contributed by atoms with E-state index in [1.165, 1.54) is 0 Å². The summed E-state index contributed by atoms with van der Waals surface area (Å²) in [5, 5.41) is 12.0. The van der Waals surface area contributed by atoms with Crippen LogP contribution < -0.4 is 5.32 Å². The van der Waals surface area contributed by atoms with Crippen molar-refractivity contribution in [3.63, 3.8) is 0 Å². The molecule has 5 heteroatoms. The molecular weight excluding hydrogens is 364 g/mol. The molecule has 29 heavy (non-hydrogen) atoms. The van der Waals surface area contributed by atoms with E-state index in [-0.39, 0.29) is 12.5 Å². The van der Waals surface area contributed by atoms with Crippen LogP contribution in [-0.2, 0) is 22.6 Å². The maximum absolute atomic E-state index is 12.8. The van der Waals surface area contributed by atoms with Gasteiger partial charge in [-0.2, -0.15) is 5.26 Å². The number of ether oxygens (including phenoxy) is 1. The van der Waals surface area contributed by atoms with Crippen molar-refractivity contribution in [3.05, 3.63) is 107 Å². The van der Waals surface area contributed by atoms with Crippen LogP contribution in [0, 0.1) is 11.3 Å². The maximum Gasteiger partial charge on any atom is 0.329 e. The van der Waals surface area contributed by atoms with Crippen molar-refractivity contribution in [1.82, 2.24) is 5.32 Å². The zero-order valence-electron chi connectivity index (χ0n) is 15.7. The first-order valence-corrected chi connectivity index (χ1v) is 9.22. The Kier molecular flexibility index (Phi) is 6.75. The molecule has 3 aromatic rings. The highest BCUT2D eigenvalue weighted by molar-refractivity contribution is 5.96. The van der Waals surface area contributed by atoms with Crippen LogP contribution in [0.3, 0.4) is 0 Å². The third-order valence-corrected chi connectivity index (χ3v) is 4.42. The lowest BCUT2D eigenvalue weighted by Gasteiger charge is -2.18. The molecule has 0 aliphatic carbocycles. The Balaban J connectivity index is 1.73. The van der Waals surface area contributed by atoms with Crippen molar-refractivity contribution in [3.8, 4) is 6.07 Å². The van der Waals surface area contributed by atoms with Gasteiger partial charge in [0.25, 0.3) is 5.91 Å². The summed E-state index contributed by atoms with van der Waals surface area (Å²) in [6, 6.07) is 26.3. The predicted molar refractivity (Wildman–Crippen MR) is 109 cm³/mol. The molecular formula is C24H20N2O3. The molecule has 0 aliphatic rings. The summed E-state index contributed by atoms with van der Waals surface area (Å²) < 4.78 is 5.44. The van der Waals surface area contributed by atoms with E-state index >= 15 is 0 Å². The van der Waals surface area contributed by atoms with Crippen LogP contribution in [0.25, 0.3) is 0 Å². The van der Waals surface area contributed by atoms with E-state index in [0.29, 0.717) is 23.1 Å². The monoisotopic (exact) mass is 384 g/mol. The first kappa shape index (κ1) is 19.8.